The SMILES string of the molecule is CN1C(Nc2ccc(I)cc2F)=C(C(=O)NOCCO)c2sccc2C1O. The number of amides is 1. The Balaban J connectivity index is 2.05. The molecule has 1 aliphatic rings. The lowest BCUT2D eigenvalue weighted by molar-refractivity contribution is -0.128. The smallest absolute Gasteiger partial charge is 0.279 e. The van der Waals surface area contributed by atoms with Gasteiger partial charge in [0.25, 0.3) is 5.91 Å². The highest BCUT2D eigenvalue weighted by Gasteiger charge is 2.34. The van der Waals surface area contributed by atoms with Crippen LogP contribution in [-0.4, -0.2) is 41.3 Å². The molecule has 1 aliphatic heterocycles. The average molecular weight is 505 g/mol. The molecule has 3 rings (SSSR count). The number of benzene rings is 1. The lowest BCUT2D eigenvalue weighted by Crippen LogP contribution is -2.37. The molecule has 10 heteroatoms. The normalized spacial score (nSPS) is 16.3. The molecule has 0 aliphatic carbocycles. The number of rotatable bonds is 6. The summed E-state index contributed by atoms with van der Waals surface area (Å²) in [5.41, 5.74) is 3.22. The summed E-state index contributed by atoms with van der Waals surface area (Å²) >= 11 is 3.29. The summed E-state index contributed by atoms with van der Waals surface area (Å²) in [5, 5.41) is 24.0. The van der Waals surface area contributed by atoms with Crippen LogP contribution >= 0.6 is 33.9 Å². The molecule has 0 saturated heterocycles. The Morgan fingerprint density at radius 1 is 1.44 bits per heavy atom. The Bertz CT molecular complexity index is 889. The molecule has 1 aromatic carbocycles. The van der Waals surface area contributed by atoms with E-state index in [2.05, 4.69) is 10.8 Å². The van der Waals surface area contributed by atoms with E-state index in [-0.39, 0.29) is 30.3 Å². The number of hydrogen-bond donors (Lipinski definition) is 4. The minimum atomic E-state index is -0.990. The number of thiophene rings is 1. The molecule has 0 saturated carbocycles. The second-order valence-electron chi connectivity index (χ2n) is 5.67. The van der Waals surface area contributed by atoms with Crippen LogP contribution < -0.4 is 10.8 Å². The van der Waals surface area contributed by atoms with Crippen LogP contribution in [0.15, 0.2) is 35.5 Å². The van der Waals surface area contributed by atoms with E-state index in [1.165, 1.54) is 22.3 Å². The monoisotopic (exact) mass is 505 g/mol. The van der Waals surface area contributed by atoms with Crippen molar-refractivity contribution in [2.24, 2.45) is 0 Å². The number of aliphatic hydroxyl groups is 2. The summed E-state index contributed by atoms with van der Waals surface area (Å²) in [4.78, 5) is 19.6. The lowest BCUT2D eigenvalue weighted by Gasteiger charge is -2.34. The number of anilines is 1. The fraction of sp³-hybridized carbons (Fsp3) is 0.235. The van der Waals surface area contributed by atoms with Crippen molar-refractivity contribution in [3.63, 3.8) is 0 Å². The maximum Gasteiger partial charge on any atom is 0.279 e. The fourth-order valence-electron chi connectivity index (χ4n) is 2.63. The van der Waals surface area contributed by atoms with Crippen molar-refractivity contribution in [1.29, 1.82) is 0 Å². The first-order valence-corrected chi connectivity index (χ1v) is 9.88. The van der Waals surface area contributed by atoms with Gasteiger partial charge in [0.15, 0.2) is 6.23 Å². The third kappa shape index (κ3) is 4.09. The van der Waals surface area contributed by atoms with E-state index in [9.17, 15) is 14.3 Å². The number of halogens is 2. The largest absolute Gasteiger partial charge is 0.394 e. The molecule has 7 nitrogen and oxygen atoms in total. The maximum atomic E-state index is 14.3. The first kappa shape index (κ1) is 20.0. The number of hydroxylamine groups is 1. The van der Waals surface area contributed by atoms with Gasteiger partial charge in [0, 0.05) is 16.2 Å². The Hall–Kier alpha value is -1.73. The van der Waals surface area contributed by atoms with Crippen LogP contribution in [0.3, 0.4) is 0 Å². The van der Waals surface area contributed by atoms with Gasteiger partial charge in [-0.2, -0.15) is 0 Å². The molecule has 1 aromatic heterocycles. The van der Waals surface area contributed by atoms with Crippen LogP contribution in [0.2, 0.25) is 0 Å². The van der Waals surface area contributed by atoms with Crippen molar-refractivity contribution in [1.82, 2.24) is 10.4 Å². The van der Waals surface area contributed by atoms with Gasteiger partial charge in [-0.3, -0.25) is 9.63 Å². The standard InChI is InChI=1S/C17H17FIN3O4S/c1-22-15(20-12-3-2-9(19)8-11(12)18)13(16(24)21-26-6-5-23)14-10(17(22)25)4-7-27-14/h2-4,7-8,17,20,23,25H,5-6H2,1H3,(H,21,24). The highest BCUT2D eigenvalue weighted by Crippen LogP contribution is 2.40. The highest BCUT2D eigenvalue weighted by molar-refractivity contribution is 14.1. The Labute approximate surface area is 172 Å². The van der Waals surface area contributed by atoms with E-state index in [1.807, 2.05) is 22.6 Å². The molecule has 0 bridgehead atoms. The van der Waals surface area contributed by atoms with Gasteiger partial charge in [-0.1, -0.05) is 0 Å². The molecule has 1 atom stereocenters. The van der Waals surface area contributed by atoms with Crippen LogP contribution in [0.25, 0.3) is 5.57 Å². The van der Waals surface area contributed by atoms with Gasteiger partial charge in [-0.05, 0) is 52.2 Å². The molecule has 1 amide bonds. The molecule has 4 N–H and O–H groups in total. The first-order valence-electron chi connectivity index (χ1n) is 7.92. The van der Waals surface area contributed by atoms with E-state index in [0.717, 1.165) is 3.57 Å². The van der Waals surface area contributed by atoms with E-state index < -0.39 is 18.0 Å². The van der Waals surface area contributed by atoms with E-state index >= 15 is 0 Å². The predicted molar refractivity (Wildman–Crippen MR) is 108 cm³/mol. The Kier molecular flexibility index (Phi) is 6.32. The summed E-state index contributed by atoms with van der Waals surface area (Å²) in [6.07, 6.45) is -0.990. The van der Waals surface area contributed by atoms with Crippen molar-refractivity contribution >= 4 is 51.1 Å². The van der Waals surface area contributed by atoms with Crippen LogP contribution in [0.5, 0.6) is 0 Å². The number of nitrogens with one attached hydrogen (secondary N) is 2. The van der Waals surface area contributed by atoms with Crippen molar-refractivity contribution in [2.45, 2.75) is 6.23 Å². The van der Waals surface area contributed by atoms with Crippen LogP contribution in [-0.2, 0) is 9.63 Å². The van der Waals surface area contributed by atoms with Crippen LogP contribution in [0.4, 0.5) is 10.1 Å². The third-order valence-electron chi connectivity index (χ3n) is 3.93. The number of hydrogen-bond acceptors (Lipinski definition) is 7. The Morgan fingerprint density at radius 2 is 2.22 bits per heavy atom. The predicted octanol–water partition coefficient (Wildman–Crippen LogP) is 2.25. The molecule has 2 heterocycles. The topological polar surface area (TPSA) is 94.1 Å². The van der Waals surface area contributed by atoms with Crippen LogP contribution in [0.1, 0.15) is 16.7 Å². The van der Waals surface area contributed by atoms with Gasteiger partial charge in [-0.15, -0.1) is 11.3 Å². The summed E-state index contributed by atoms with van der Waals surface area (Å²) in [6.45, 7) is -0.315. The molecule has 0 spiro atoms. The average Bonchev–Trinajstić information content (AvgIpc) is 3.11. The second-order valence-corrected chi connectivity index (χ2v) is 7.83. The van der Waals surface area contributed by atoms with Crippen molar-refractivity contribution in [3.05, 3.63) is 55.3 Å². The maximum absolute atomic E-state index is 14.3. The quantitative estimate of drug-likeness (QED) is 0.274. The zero-order valence-corrected chi connectivity index (χ0v) is 17.2. The summed E-state index contributed by atoms with van der Waals surface area (Å²) in [6, 6.07) is 6.38. The first-order chi connectivity index (χ1) is 12.9. The molecular formula is C17H17FIN3O4S. The summed E-state index contributed by atoms with van der Waals surface area (Å²) in [5.74, 6) is -0.812. The number of fused-ring (bicyclic) bond motifs is 1. The van der Waals surface area contributed by atoms with Gasteiger partial charge in [0.1, 0.15) is 11.6 Å². The van der Waals surface area contributed by atoms with E-state index in [1.54, 1.807) is 30.6 Å². The highest BCUT2D eigenvalue weighted by atomic mass is 127. The minimum Gasteiger partial charge on any atom is -0.394 e. The van der Waals surface area contributed by atoms with E-state index in [4.69, 9.17) is 9.94 Å². The fourth-order valence-corrected chi connectivity index (χ4v) is 4.05. The molecule has 27 heavy (non-hydrogen) atoms. The molecule has 2 aromatic rings. The van der Waals surface area contributed by atoms with Crippen LogP contribution in [0, 0.1) is 9.39 Å². The third-order valence-corrected chi connectivity index (χ3v) is 5.55. The van der Waals surface area contributed by atoms with Gasteiger partial charge in [0.2, 0.25) is 0 Å². The molecule has 1 unspecified atom stereocenters. The molecular weight excluding hydrogens is 488 g/mol. The molecule has 0 fully saturated rings. The van der Waals surface area contributed by atoms with Gasteiger partial charge in [0.05, 0.1) is 29.4 Å². The summed E-state index contributed by atoms with van der Waals surface area (Å²) < 4.78 is 15.1. The molecule has 0 radical (unpaired) electrons. The van der Waals surface area contributed by atoms with Crippen molar-refractivity contribution in [2.75, 3.05) is 25.6 Å². The molecule has 144 valence electrons. The van der Waals surface area contributed by atoms with E-state index in [0.29, 0.717) is 10.4 Å². The minimum absolute atomic E-state index is 0.0662. The number of aliphatic hydroxyl groups excluding tert-OH is 2. The lowest BCUT2D eigenvalue weighted by atomic mass is 10.0. The number of nitrogens with zero attached hydrogens (tertiary/aromatic N) is 1. The van der Waals surface area contributed by atoms with Gasteiger partial charge in [-0.25, -0.2) is 9.87 Å². The van der Waals surface area contributed by atoms with Gasteiger partial charge < -0.3 is 20.4 Å². The Morgan fingerprint density at radius 3 is 2.93 bits per heavy atom. The zero-order valence-electron chi connectivity index (χ0n) is 14.2. The second kappa shape index (κ2) is 8.52. The number of carbonyl (C=O) groups excluding carboxylic acids is 1. The summed E-state index contributed by atoms with van der Waals surface area (Å²) in [7, 11) is 1.60. The van der Waals surface area contributed by atoms with Crippen molar-refractivity contribution in [3.8, 4) is 0 Å². The van der Waals surface area contributed by atoms with Crippen molar-refractivity contribution < 1.29 is 24.2 Å². The zero-order chi connectivity index (χ0) is 19.6. The number of carbonyl (C=O) groups is 1. The van der Waals surface area contributed by atoms with Gasteiger partial charge >= 0.3 is 0 Å².